The highest BCUT2D eigenvalue weighted by atomic mass is 16.1. The zero-order valence-corrected chi connectivity index (χ0v) is 13.9. The standard InChI is InChI=1S/C19H36O/c1-3-4-5-6-10-13-16-19(2)17-14-11-8-7-9-12-15-18-20/h10,13,18-19H,3-9,11-12,14-17H2,1-2H3. The van der Waals surface area contributed by atoms with Crippen molar-refractivity contribution in [1.29, 1.82) is 0 Å². The molecule has 0 fully saturated rings. The van der Waals surface area contributed by atoms with Gasteiger partial charge in [0.2, 0.25) is 0 Å². The minimum atomic E-state index is 0.752. The van der Waals surface area contributed by atoms with E-state index < -0.39 is 0 Å². The molecule has 0 heterocycles. The Morgan fingerprint density at radius 2 is 1.45 bits per heavy atom. The van der Waals surface area contributed by atoms with Gasteiger partial charge < -0.3 is 4.79 Å². The molecule has 0 aromatic carbocycles. The van der Waals surface area contributed by atoms with E-state index in [9.17, 15) is 4.79 Å². The fourth-order valence-electron chi connectivity index (χ4n) is 2.50. The summed E-state index contributed by atoms with van der Waals surface area (Å²) in [5.41, 5.74) is 0. The van der Waals surface area contributed by atoms with E-state index in [1.165, 1.54) is 70.6 Å². The van der Waals surface area contributed by atoms with Crippen molar-refractivity contribution in [2.75, 3.05) is 0 Å². The summed E-state index contributed by atoms with van der Waals surface area (Å²) < 4.78 is 0. The molecule has 0 amide bonds. The number of hydrogen-bond donors (Lipinski definition) is 0. The van der Waals surface area contributed by atoms with E-state index in [1.807, 2.05) is 0 Å². The average molecular weight is 280 g/mol. The first-order valence-corrected chi connectivity index (χ1v) is 8.89. The van der Waals surface area contributed by atoms with Gasteiger partial charge in [-0.2, -0.15) is 0 Å². The third-order valence-electron chi connectivity index (χ3n) is 3.95. The number of carbonyl (C=O) groups excluding carboxylic acids is 1. The first-order chi connectivity index (χ1) is 9.81. The smallest absolute Gasteiger partial charge is 0.119 e. The number of aldehydes is 1. The summed E-state index contributed by atoms with van der Waals surface area (Å²) in [7, 11) is 0. The maximum Gasteiger partial charge on any atom is 0.119 e. The molecule has 0 bridgehead atoms. The lowest BCUT2D eigenvalue weighted by Gasteiger charge is -2.08. The Morgan fingerprint density at radius 3 is 2.15 bits per heavy atom. The van der Waals surface area contributed by atoms with Gasteiger partial charge in [-0.25, -0.2) is 0 Å². The zero-order valence-electron chi connectivity index (χ0n) is 13.9. The van der Waals surface area contributed by atoms with Gasteiger partial charge in [0.05, 0.1) is 0 Å². The lowest BCUT2D eigenvalue weighted by molar-refractivity contribution is -0.107. The van der Waals surface area contributed by atoms with Crippen LogP contribution < -0.4 is 0 Å². The van der Waals surface area contributed by atoms with Crippen LogP contribution in [0.1, 0.15) is 97.3 Å². The first-order valence-electron chi connectivity index (χ1n) is 8.89. The Bertz CT molecular complexity index is 220. The van der Waals surface area contributed by atoms with E-state index in [2.05, 4.69) is 26.0 Å². The highest BCUT2D eigenvalue weighted by Gasteiger charge is 1.99. The van der Waals surface area contributed by atoms with Gasteiger partial charge >= 0.3 is 0 Å². The molecule has 0 saturated heterocycles. The molecule has 118 valence electrons. The van der Waals surface area contributed by atoms with E-state index in [4.69, 9.17) is 0 Å². The number of allylic oxidation sites excluding steroid dienone is 2. The summed E-state index contributed by atoms with van der Waals surface area (Å²) in [6, 6.07) is 0. The van der Waals surface area contributed by atoms with Gasteiger partial charge in [-0.05, 0) is 31.6 Å². The van der Waals surface area contributed by atoms with Crippen molar-refractivity contribution in [2.24, 2.45) is 5.92 Å². The molecule has 0 radical (unpaired) electrons. The SMILES string of the molecule is CCCCCC=CCC(C)CCCCCCCCC=O. The van der Waals surface area contributed by atoms with E-state index in [-0.39, 0.29) is 0 Å². The van der Waals surface area contributed by atoms with Gasteiger partial charge in [-0.1, -0.05) is 77.4 Å². The Morgan fingerprint density at radius 1 is 0.800 bits per heavy atom. The van der Waals surface area contributed by atoms with Crippen molar-refractivity contribution in [3.63, 3.8) is 0 Å². The molecule has 1 heteroatoms. The van der Waals surface area contributed by atoms with Gasteiger partial charge in [-0.3, -0.25) is 0 Å². The van der Waals surface area contributed by atoms with Crippen molar-refractivity contribution in [1.82, 2.24) is 0 Å². The molecule has 0 aromatic rings. The zero-order chi connectivity index (χ0) is 14.9. The van der Waals surface area contributed by atoms with Crippen LogP contribution in [-0.4, -0.2) is 6.29 Å². The van der Waals surface area contributed by atoms with Gasteiger partial charge in [0.25, 0.3) is 0 Å². The van der Waals surface area contributed by atoms with Gasteiger partial charge in [-0.15, -0.1) is 0 Å². The van der Waals surface area contributed by atoms with Gasteiger partial charge in [0.15, 0.2) is 0 Å². The molecule has 0 aliphatic heterocycles. The summed E-state index contributed by atoms with van der Waals surface area (Å²) in [4.78, 5) is 10.2. The van der Waals surface area contributed by atoms with Crippen molar-refractivity contribution in [3.8, 4) is 0 Å². The number of hydrogen-bond acceptors (Lipinski definition) is 1. The second-order valence-electron chi connectivity index (χ2n) is 6.17. The topological polar surface area (TPSA) is 17.1 Å². The minimum absolute atomic E-state index is 0.752. The molecule has 1 unspecified atom stereocenters. The maximum absolute atomic E-state index is 10.2. The minimum Gasteiger partial charge on any atom is -0.303 e. The molecule has 0 aliphatic rings. The van der Waals surface area contributed by atoms with Crippen molar-refractivity contribution >= 4 is 6.29 Å². The molecule has 20 heavy (non-hydrogen) atoms. The lowest BCUT2D eigenvalue weighted by atomic mass is 9.98. The van der Waals surface area contributed by atoms with E-state index >= 15 is 0 Å². The molecule has 0 rings (SSSR count). The summed E-state index contributed by atoms with van der Waals surface area (Å²) in [5, 5.41) is 0. The molecule has 0 spiro atoms. The second-order valence-corrected chi connectivity index (χ2v) is 6.17. The highest BCUT2D eigenvalue weighted by Crippen LogP contribution is 2.15. The van der Waals surface area contributed by atoms with Gasteiger partial charge in [0, 0.05) is 6.42 Å². The maximum atomic E-state index is 10.2. The third-order valence-corrected chi connectivity index (χ3v) is 3.95. The van der Waals surface area contributed by atoms with Crippen LogP contribution in [0.5, 0.6) is 0 Å². The van der Waals surface area contributed by atoms with E-state index in [0.29, 0.717) is 0 Å². The molecule has 1 nitrogen and oxygen atoms in total. The van der Waals surface area contributed by atoms with Crippen LogP contribution in [0.25, 0.3) is 0 Å². The van der Waals surface area contributed by atoms with Crippen molar-refractivity contribution in [2.45, 2.75) is 97.3 Å². The average Bonchev–Trinajstić information content (AvgIpc) is 2.45. The predicted octanol–water partition coefficient (Wildman–Crippen LogP) is 6.47. The van der Waals surface area contributed by atoms with Crippen LogP contribution in [0.4, 0.5) is 0 Å². The summed E-state index contributed by atoms with van der Waals surface area (Å²) >= 11 is 0. The number of rotatable bonds is 15. The molecule has 0 aromatic heterocycles. The molecular weight excluding hydrogens is 244 g/mol. The van der Waals surface area contributed by atoms with E-state index in [1.54, 1.807) is 0 Å². The highest BCUT2D eigenvalue weighted by molar-refractivity contribution is 5.48. The van der Waals surface area contributed by atoms with Crippen LogP contribution in [0.3, 0.4) is 0 Å². The molecule has 0 saturated carbocycles. The van der Waals surface area contributed by atoms with Gasteiger partial charge in [0.1, 0.15) is 6.29 Å². The summed E-state index contributed by atoms with van der Waals surface area (Å²) in [6.45, 7) is 4.63. The lowest BCUT2D eigenvalue weighted by Crippen LogP contribution is -1.92. The third kappa shape index (κ3) is 15.5. The summed E-state index contributed by atoms with van der Waals surface area (Å²) in [6.07, 6.45) is 22.2. The predicted molar refractivity (Wildman–Crippen MR) is 90.1 cm³/mol. The Kier molecular flexibility index (Phi) is 16.0. The largest absolute Gasteiger partial charge is 0.303 e. The van der Waals surface area contributed by atoms with Crippen LogP contribution in [0.2, 0.25) is 0 Å². The molecule has 0 N–H and O–H groups in total. The quantitative estimate of drug-likeness (QED) is 0.191. The van der Waals surface area contributed by atoms with E-state index in [0.717, 1.165) is 25.0 Å². The number of unbranched alkanes of at least 4 members (excludes halogenated alkanes) is 9. The van der Waals surface area contributed by atoms with Crippen molar-refractivity contribution < 1.29 is 4.79 Å². The fraction of sp³-hybridized carbons (Fsp3) is 0.842. The Balaban J connectivity index is 3.23. The summed E-state index contributed by atoms with van der Waals surface area (Å²) in [5.74, 6) is 0.840. The fourth-order valence-corrected chi connectivity index (χ4v) is 2.50. The molecule has 0 aliphatic carbocycles. The van der Waals surface area contributed by atoms with Crippen LogP contribution in [0.15, 0.2) is 12.2 Å². The monoisotopic (exact) mass is 280 g/mol. The first kappa shape index (κ1) is 19.4. The van der Waals surface area contributed by atoms with Crippen LogP contribution >= 0.6 is 0 Å². The molecule has 1 atom stereocenters. The Hall–Kier alpha value is -0.590. The van der Waals surface area contributed by atoms with Crippen LogP contribution in [0, 0.1) is 5.92 Å². The number of carbonyl (C=O) groups is 1. The molecular formula is C19H36O. The Labute approximate surface area is 127 Å². The normalized spacial score (nSPS) is 12.9. The van der Waals surface area contributed by atoms with Crippen LogP contribution in [-0.2, 0) is 4.79 Å². The van der Waals surface area contributed by atoms with Crippen molar-refractivity contribution in [3.05, 3.63) is 12.2 Å². The second kappa shape index (κ2) is 16.5.